The third-order valence-electron chi connectivity index (χ3n) is 1.69. The van der Waals surface area contributed by atoms with Crippen molar-refractivity contribution >= 4 is 18.2 Å². The molecule has 0 nitrogen and oxygen atoms in total. The molecule has 0 heterocycles. The van der Waals surface area contributed by atoms with Crippen molar-refractivity contribution in [2.24, 2.45) is 0 Å². The first-order chi connectivity index (χ1) is 6.24. The fourth-order valence-electron chi connectivity index (χ4n) is 0.980. The summed E-state index contributed by atoms with van der Waals surface area (Å²) in [7, 11) is 0. The van der Waals surface area contributed by atoms with Crippen molar-refractivity contribution < 1.29 is 0 Å². The third kappa shape index (κ3) is 3.01. The molecule has 0 radical (unpaired) electrons. The molecular weight excluding hydrogens is 176 g/mol. The second kappa shape index (κ2) is 4.79. The maximum atomic E-state index is 4.02. The minimum atomic E-state index is 0.599. The summed E-state index contributed by atoms with van der Waals surface area (Å²) in [5.74, 6) is 6.51. The van der Waals surface area contributed by atoms with Crippen LogP contribution in [0.15, 0.2) is 30.8 Å². The van der Waals surface area contributed by atoms with Crippen molar-refractivity contribution in [3.63, 3.8) is 0 Å². The van der Waals surface area contributed by atoms with Crippen LogP contribution >= 0.6 is 12.6 Å². The topological polar surface area (TPSA) is 0 Å². The molecule has 1 aromatic carbocycles. The SMILES string of the molecule is C=C(C)c1ccc(C#CCS)cc1. The molecule has 0 atom stereocenters. The summed E-state index contributed by atoms with van der Waals surface area (Å²) in [5.41, 5.74) is 3.27. The van der Waals surface area contributed by atoms with E-state index in [2.05, 4.69) is 31.0 Å². The maximum Gasteiger partial charge on any atom is 0.0521 e. The van der Waals surface area contributed by atoms with Gasteiger partial charge in [0.25, 0.3) is 0 Å². The lowest BCUT2D eigenvalue weighted by molar-refractivity contribution is 1.55. The second-order valence-corrected chi connectivity index (χ2v) is 3.13. The number of benzene rings is 1. The van der Waals surface area contributed by atoms with Gasteiger partial charge in [0.05, 0.1) is 5.75 Å². The molecule has 0 saturated carbocycles. The van der Waals surface area contributed by atoms with Crippen LogP contribution in [0.25, 0.3) is 5.57 Å². The first kappa shape index (κ1) is 9.95. The zero-order valence-electron chi connectivity index (χ0n) is 7.67. The van der Waals surface area contributed by atoms with Crippen molar-refractivity contribution in [2.45, 2.75) is 6.92 Å². The molecule has 0 fully saturated rings. The van der Waals surface area contributed by atoms with E-state index in [0.29, 0.717) is 5.75 Å². The molecule has 0 bridgehead atoms. The highest BCUT2D eigenvalue weighted by Gasteiger charge is 1.91. The number of hydrogen-bond donors (Lipinski definition) is 1. The fourth-order valence-corrected chi connectivity index (χ4v) is 1.06. The van der Waals surface area contributed by atoms with E-state index in [-0.39, 0.29) is 0 Å². The molecule has 1 aromatic rings. The van der Waals surface area contributed by atoms with Crippen LogP contribution in [0.1, 0.15) is 18.1 Å². The largest absolute Gasteiger partial charge is 0.166 e. The van der Waals surface area contributed by atoms with Gasteiger partial charge in [0, 0.05) is 5.56 Å². The lowest BCUT2D eigenvalue weighted by atomic mass is 10.1. The second-order valence-electron chi connectivity index (χ2n) is 2.82. The first-order valence-electron chi connectivity index (χ1n) is 4.09. The molecule has 0 spiro atoms. The van der Waals surface area contributed by atoms with E-state index in [9.17, 15) is 0 Å². The van der Waals surface area contributed by atoms with Gasteiger partial charge in [0.2, 0.25) is 0 Å². The van der Waals surface area contributed by atoms with E-state index in [1.54, 1.807) is 0 Å². The lowest BCUT2D eigenvalue weighted by Gasteiger charge is -1.98. The van der Waals surface area contributed by atoms with Crippen molar-refractivity contribution in [3.05, 3.63) is 42.0 Å². The molecule has 0 aliphatic rings. The highest BCUT2D eigenvalue weighted by atomic mass is 32.1. The Labute approximate surface area is 85.1 Å². The van der Waals surface area contributed by atoms with Gasteiger partial charge in [-0.25, -0.2) is 0 Å². The van der Waals surface area contributed by atoms with Gasteiger partial charge < -0.3 is 0 Å². The molecule has 1 rings (SSSR count). The van der Waals surface area contributed by atoms with Gasteiger partial charge in [-0.15, -0.1) is 0 Å². The number of thiol groups is 1. The highest BCUT2D eigenvalue weighted by Crippen LogP contribution is 2.11. The Morgan fingerprint density at radius 1 is 1.38 bits per heavy atom. The number of hydrogen-bond acceptors (Lipinski definition) is 1. The Morgan fingerprint density at radius 2 is 2.00 bits per heavy atom. The van der Waals surface area contributed by atoms with Gasteiger partial charge in [-0.05, 0) is 24.6 Å². The smallest absolute Gasteiger partial charge is 0.0521 e. The Hall–Kier alpha value is -1.13. The standard InChI is InChI=1S/C12H12S/c1-10(2)12-7-5-11(6-8-12)4-3-9-13/h5-8,13H,1,9H2,2H3. The van der Waals surface area contributed by atoms with Crippen LogP contribution in [-0.2, 0) is 0 Å². The van der Waals surface area contributed by atoms with Gasteiger partial charge in [-0.3, -0.25) is 0 Å². The van der Waals surface area contributed by atoms with Crippen LogP contribution in [0, 0.1) is 11.8 Å². The van der Waals surface area contributed by atoms with Crippen molar-refractivity contribution in [2.75, 3.05) is 5.75 Å². The first-order valence-corrected chi connectivity index (χ1v) is 4.73. The van der Waals surface area contributed by atoms with Gasteiger partial charge in [0.15, 0.2) is 0 Å². The zero-order valence-corrected chi connectivity index (χ0v) is 8.57. The van der Waals surface area contributed by atoms with E-state index in [1.165, 1.54) is 0 Å². The van der Waals surface area contributed by atoms with Crippen LogP contribution in [0.3, 0.4) is 0 Å². The molecule has 13 heavy (non-hydrogen) atoms. The number of rotatable bonds is 1. The summed E-state index contributed by atoms with van der Waals surface area (Å²) in [4.78, 5) is 0. The van der Waals surface area contributed by atoms with Crippen molar-refractivity contribution in [1.82, 2.24) is 0 Å². The van der Waals surface area contributed by atoms with Crippen LogP contribution in [0.4, 0.5) is 0 Å². The Kier molecular flexibility index (Phi) is 3.67. The molecule has 0 N–H and O–H groups in total. The predicted octanol–water partition coefficient (Wildman–Crippen LogP) is 3.00. The summed E-state index contributed by atoms with van der Waals surface area (Å²) in [6, 6.07) is 8.07. The fraction of sp³-hybridized carbons (Fsp3) is 0.167. The minimum Gasteiger partial charge on any atom is -0.166 e. The van der Waals surface area contributed by atoms with E-state index < -0.39 is 0 Å². The van der Waals surface area contributed by atoms with E-state index in [1.807, 2.05) is 31.2 Å². The molecule has 1 heteroatoms. The Morgan fingerprint density at radius 3 is 2.46 bits per heavy atom. The molecule has 0 aliphatic heterocycles. The van der Waals surface area contributed by atoms with Gasteiger partial charge in [-0.2, -0.15) is 12.6 Å². The zero-order chi connectivity index (χ0) is 9.68. The molecule has 0 aliphatic carbocycles. The normalized spacial score (nSPS) is 8.77. The minimum absolute atomic E-state index is 0.599. The van der Waals surface area contributed by atoms with E-state index in [0.717, 1.165) is 16.7 Å². The summed E-state index contributed by atoms with van der Waals surface area (Å²) >= 11 is 4.02. The van der Waals surface area contributed by atoms with E-state index in [4.69, 9.17) is 0 Å². The lowest BCUT2D eigenvalue weighted by Crippen LogP contribution is -1.79. The molecule has 66 valence electrons. The molecule has 0 unspecified atom stereocenters. The average molecular weight is 188 g/mol. The van der Waals surface area contributed by atoms with Crippen LogP contribution in [-0.4, -0.2) is 5.75 Å². The molecule has 0 amide bonds. The Bertz CT molecular complexity index is 349. The highest BCUT2D eigenvalue weighted by molar-refractivity contribution is 7.80. The molecule has 0 saturated heterocycles. The van der Waals surface area contributed by atoms with Crippen molar-refractivity contribution in [1.29, 1.82) is 0 Å². The molecule has 0 aromatic heterocycles. The summed E-state index contributed by atoms with van der Waals surface area (Å²) in [6.07, 6.45) is 0. The summed E-state index contributed by atoms with van der Waals surface area (Å²) in [6.45, 7) is 5.86. The summed E-state index contributed by atoms with van der Waals surface area (Å²) < 4.78 is 0. The molecular formula is C12H12S. The predicted molar refractivity (Wildman–Crippen MR) is 61.9 cm³/mol. The Balaban J connectivity index is 2.87. The summed E-state index contributed by atoms with van der Waals surface area (Å²) in [5, 5.41) is 0. The quantitative estimate of drug-likeness (QED) is 0.508. The third-order valence-corrected chi connectivity index (χ3v) is 1.85. The van der Waals surface area contributed by atoms with Crippen LogP contribution < -0.4 is 0 Å². The monoisotopic (exact) mass is 188 g/mol. The average Bonchev–Trinajstić information content (AvgIpc) is 2.15. The van der Waals surface area contributed by atoms with Crippen molar-refractivity contribution in [3.8, 4) is 11.8 Å². The van der Waals surface area contributed by atoms with Crippen LogP contribution in [0.5, 0.6) is 0 Å². The van der Waals surface area contributed by atoms with Gasteiger partial charge >= 0.3 is 0 Å². The van der Waals surface area contributed by atoms with Gasteiger partial charge in [-0.1, -0.05) is 36.1 Å². The number of allylic oxidation sites excluding steroid dienone is 1. The van der Waals surface area contributed by atoms with Crippen LogP contribution in [0.2, 0.25) is 0 Å². The maximum absolute atomic E-state index is 4.02. The van der Waals surface area contributed by atoms with Gasteiger partial charge in [0.1, 0.15) is 0 Å². The van der Waals surface area contributed by atoms with E-state index >= 15 is 0 Å².